The molecule has 1 aliphatic heterocycles. The molecule has 5 rings (SSSR count). The third-order valence-electron chi connectivity index (χ3n) is 8.40. The number of hydrogen-bond donors (Lipinski definition) is 1. The molecule has 4 unspecified atom stereocenters. The van der Waals surface area contributed by atoms with E-state index in [-0.39, 0.29) is 17.5 Å². The van der Waals surface area contributed by atoms with Crippen LogP contribution < -0.4 is 5.32 Å². The van der Waals surface area contributed by atoms with Gasteiger partial charge in [-0.25, -0.2) is 4.79 Å². The third-order valence-corrected chi connectivity index (χ3v) is 10.1. The number of urea groups is 1. The van der Waals surface area contributed by atoms with Crippen molar-refractivity contribution in [1.29, 1.82) is 0 Å². The number of nitrogens with one attached hydrogen (secondary N) is 1. The molecule has 2 aliphatic carbocycles. The lowest BCUT2D eigenvalue weighted by molar-refractivity contribution is 0.156. The Morgan fingerprint density at radius 1 is 1.17 bits per heavy atom. The molecule has 2 aromatic rings. The van der Waals surface area contributed by atoms with E-state index in [1.165, 1.54) is 31.5 Å². The monoisotopic (exact) mass is 547 g/mol. The van der Waals surface area contributed by atoms with Crippen LogP contribution in [-0.4, -0.2) is 58.5 Å². The molecule has 2 aromatic carbocycles. The SMILES string of the molecule is CS(=O)c1cccc(C23CCC(N(CCCN4CCCC4)C(=O)Nc4ccc(Cl)c(Cl)c4)CC2C3)c1. The predicted octanol–water partition coefficient (Wildman–Crippen LogP) is 6.56. The van der Waals surface area contributed by atoms with Gasteiger partial charge in [-0.15, -0.1) is 0 Å². The number of anilines is 1. The van der Waals surface area contributed by atoms with E-state index in [4.69, 9.17) is 23.2 Å². The van der Waals surface area contributed by atoms with Crippen LogP contribution >= 0.6 is 23.2 Å². The van der Waals surface area contributed by atoms with Gasteiger partial charge < -0.3 is 15.1 Å². The van der Waals surface area contributed by atoms with Gasteiger partial charge in [-0.1, -0.05) is 35.3 Å². The number of halogens is 2. The second-order valence-corrected chi connectivity index (χ2v) is 12.8. The van der Waals surface area contributed by atoms with Crippen molar-refractivity contribution in [1.82, 2.24) is 9.80 Å². The number of rotatable bonds is 8. The Kier molecular flexibility index (Phi) is 7.97. The Hall–Kier alpha value is -1.60. The Morgan fingerprint density at radius 3 is 2.69 bits per heavy atom. The Morgan fingerprint density at radius 2 is 1.97 bits per heavy atom. The van der Waals surface area contributed by atoms with E-state index in [2.05, 4.69) is 27.2 Å². The molecular formula is C28H35Cl2N3O2S. The van der Waals surface area contributed by atoms with Gasteiger partial charge in [-0.05, 0) is 112 Å². The highest BCUT2D eigenvalue weighted by Crippen LogP contribution is 2.63. The first-order valence-corrected chi connectivity index (χ1v) is 15.4. The average molecular weight is 549 g/mol. The number of likely N-dealkylation sites (tertiary alicyclic amines) is 1. The molecule has 8 heteroatoms. The second-order valence-electron chi connectivity index (χ2n) is 10.6. The van der Waals surface area contributed by atoms with Crippen LogP contribution in [0.2, 0.25) is 10.0 Å². The van der Waals surface area contributed by atoms with Gasteiger partial charge in [0.25, 0.3) is 0 Å². The van der Waals surface area contributed by atoms with Crippen molar-refractivity contribution in [2.45, 2.75) is 61.3 Å². The van der Waals surface area contributed by atoms with Crippen molar-refractivity contribution >= 4 is 45.7 Å². The maximum Gasteiger partial charge on any atom is 0.322 e. The summed E-state index contributed by atoms with van der Waals surface area (Å²) < 4.78 is 12.0. The number of carbonyl (C=O) groups is 1. The average Bonchev–Trinajstić information content (AvgIpc) is 3.38. The lowest BCUT2D eigenvalue weighted by Gasteiger charge is -2.37. The van der Waals surface area contributed by atoms with Gasteiger partial charge in [0, 0.05) is 40.2 Å². The van der Waals surface area contributed by atoms with Gasteiger partial charge >= 0.3 is 6.03 Å². The maximum atomic E-state index is 13.5. The lowest BCUT2D eigenvalue weighted by Crippen LogP contribution is -2.46. The van der Waals surface area contributed by atoms with E-state index in [0.717, 1.165) is 50.1 Å². The van der Waals surface area contributed by atoms with E-state index in [1.54, 1.807) is 24.5 Å². The Balaban J connectivity index is 1.28. The fraction of sp³-hybridized carbons (Fsp3) is 0.536. The molecular weight excluding hydrogens is 513 g/mol. The zero-order chi connectivity index (χ0) is 25.3. The molecule has 3 aliphatic rings. The zero-order valence-electron chi connectivity index (χ0n) is 20.8. The van der Waals surface area contributed by atoms with Gasteiger partial charge in [0.1, 0.15) is 0 Å². The molecule has 0 radical (unpaired) electrons. The van der Waals surface area contributed by atoms with Crippen molar-refractivity contribution < 1.29 is 9.00 Å². The molecule has 0 bridgehead atoms. The van der Waals surface area contributed by atoms with E-state index in [0.29, 0.717) is 21.7 Å². The number of carbonyl (C=O) groups excluding carboxylic acids is 1. The lowest BCUT2D eigenvalue weighted by atomic mass is 9.80. The van der Waals surface area contributed by atoms with E-state index in [1.807, 2.05) is 12.1 Å². The van der Waals surface area contributed by atoms with Crippen molar-refractivity contribution in [3.05, 3.63) is 58.1 Å². The minimum atomic E-state index is -0.975. The standard InChI is InChI=1S/C28H35Cl2N3O2S/c1-36(35)24-7-4-6-20(17-24)28-11-10-23(16-21(28)19-28)33(15-5-14-32-12-2-3-13-32)27(34)31-22-8-9-25(29)26(30)18-22/h4,6-9,17-18,21,23H,2-3,5,10-16,19H2,1H3,(H,31,34). The van der Waals surface area contributed by atoms with Gasteiger partial charge in [-0.2, -0.15) is 0 Å². The van der Waals surface area contributed by atoms with Crippen molar-refractivity contribution in [2.75, 3.05) is 37.8 Å². The van der Waals surface area contributed by atoms with Gasteiger partial charge in [0.05, 0.1) is 10.0 Å². The molecule has 5 nitrogen and oxygen atoms in total. The fourth-order valence-corrected chi connectivity index (χ4v) is 7.18. The van der Waals surface area contributed by atoms with E-state index < -0.39 is 10.8 Å². The highest BCUT2D eigenvalue weighted by atomic mass is 35.5. The molecule has 0 aromatic heterocycles. The normalized spacial score (nSPS) is 26.3. The van der Waals surface area contributed by atoms with Gasteiger partial charge in [0.2, 0.25) is 0 Å². The number of nitrogens with zero attached hydrogens (tertiary/aromatic N) is 2. The van der Waals surface area contributed by atoms with Crippen LogP contribution in [0, 0.1) is 5.92 Å². The first-order chi connectivity index (χ1) is 17.4. The fourth-order valence-electron chi connectivity index (χ4n) is 6.32. The second kappa shape index (κ2) is 11.0. The molecule has 194 valence electrons. The highest BCUT2D eigenvalue weighted by Gasteiger charge is 2.58. The Bertz CT molecular complexity index is 1140. The largest absolute Gasteiger partial charge is 0.322 e. The highest BCUT2D eigenvalue weighted by molar-refractivity contribution is 7.84. The summed E-state index contributed by atoms with van der Waals surface area (Å²) >= 11 is 12.3. The van der Waals surface area contributed by atoms with Crippen molar-refractivity contribution in [3.8, 4) is 0 Å². The van der Waals surface area contributed by atoms with Crippen LogP contribution in [0.1, 0.15) is 50.5 Å². The maximum absolute atomic E-state index is 13.5. The zero-order valence-corrected chi connectivity index (χ0v) is 23.2. The predicted molar refractivity (Wildman–Crippen MR) is 149 cm³/mol. The van der Waals surface area contributed by atoms with Crippen molar-refractivity contribution in [3.63, 3.8) is 0 Å². The summed E-state index contributed by atoms with van der Waals surface area (Å²) in [4.78, 5) is 19.0. The van der Waals surface area contributed by atoms with Gasteiger partial charge in [0.15, 0.2) is 0 Å². The first kappa shape index (κ1) is 26.0. The third kappa shape index (κ3) is 5.62. The Labute approximate surface area is 227 Å². The molecule has 4 atom stereocenters. The number of hydrogen-bond acceptors (Lipinski definition) is 3. The summed E-state index contributed by atoms with van der Waals surface area (Å²) in [6.07, 6.45) is 9.48. The molecule has 3 fully saturated rings. The van der Waals surface area contributed by atoms with E-state index in [9.17, 15) is 9.00 Å². The van der Waals surface area contributed by atoms with Crippen LogP contribution in [-0.2, 0) is 16.2 Å². The molecule has 1 saturated heterocycles. The quantitative estimate of drug-likeness (QED) is 0.407. The molecule has 1 N–H and O–H groups in total. The summed E-state index contributed by atoms with van der Waals surface area (Å²) in [7, 11) is -0.975. The molecule has 1 heterocycles. The first-order valence-electron chi connectivity index (χ1n) is 13.0. The smallest absolute Gasteiger partial charge is 0.321 e. The minimum Gasteiger partial charge on any atom is -0.321 e. The van der Waals surface area contributed by atoms with E-state index >= 15 is 0 Å². The topological polar surface area (TPSA) is 52.7 Å². The summed E-state index contributed by atoms with van der Waals surface area (Å²) in [6.45, 7) is 4.13. The molecule has 2 amide bonds. The number of fused-ring (bicyclic) bond motifs is 1. The van der Waals surface area contributed by atoms with Gasteiger partial charge in [-0.3, -0.25) is 4.21 Å². The summed E-state index contributed by atoms with van der Waals surface area (Å²) in [5.74, 6) is 0.565. The molecule has 2 saturated carbocycles. The summed E-state index contributed by atoms with van der Waals surface area (Å²) in [6, 6.07) is 13.7. The van der Waals surface area contributed by atoms with Crippen molar-refractivity contribution in [2.24, 2.45) is 5.92 Å². The van der Waals surface area contributed by atoms with Crippen LogP contribution in [0.3, 0.4) is 0 Å². The van der Waals surface area contributed by atoms with Crippen LogP contribution in [0.4, 0.5) is 10.5 Å². The van der Waals surface area contributed by atoms with Crippen LogP contribution in [0.15, 0.2) is 47.4 Å². The van der Waals surface area contributed by atoms with Crippen LogP contribution in [0.25, 0.3) is 0 Å². The summed E-state index contributed by atoms with van der Waals surface area (Å²) in [5.41, 5.74) is 2.17. The number of benzene rings is 2. The number of amides is 2. The minimum absolute atomic E-state index is 0.0589. The summed E-state index contributed by atoms with van der Waals surface area (Å²) in [5, 5.41) is 3.98. The van der Waals surface area contributed by atoms with Crippen LogP contribution in [0.5, 0.6) is 0 Å². The molecule has 36 heavy (non-hydrogen) atoms. The molecule has 0 spiro atoms.